The summed E-state index contributed by atoms with van der Waals surface area (Å²) in [5, 5.41) is 0. The number of halogens is 3. The molecule has 0 aromatic heterocycles. The van der Waals surface area contributed by atoms with E-state index in [0.717, 1.165) is 18.3 Å². The summed E-state index contributed by atoms with van der Waals surface area (Å²) in [6.45, 7) is 0. The Labute approximate surface area is 155 Å². The van der Waals surface area contributed by atoms with Gasteiger partial charge in [0.05, 0.1) is 11.3 Å². The van der Waals surface area contributed by atoms with Crippen molar-refractivity contribution < 1.29 is 26.4 Å². The number of carbonyl (C=O) groups is 1. The van der Waals surface area contributed by atoms with Gasteiger partial charge >= 0.3 is 6.18 Å². The third-order valence-corrected chi connectivity index (χ3v) is 5.26. The molecule has 0 spiro atoms. The van der Waals surface area contributed by atoms with Gasteiger partial charge in [0, 0.05) is 25.9 Å². The first-order chi connectivity index (χ1) is 12.5. The lowest BCUT2D eigenvalue weighted by molar-refractivity contribution is -0.137. The molecule has 2 aromatic carbocycles. The number of hydrogen-bond acceptors (Lipinski definition) is 4. The van der Waals surface area contributed by atoms with Crippen molar-refractivity contribution in [2.45, 2.75) is 11.9 Å². The van der Waals surface area contributed by atoms with E-state index in [-0.39, 0.29) is 5.56 Å². The van der Waals surface area contributed by atoms with Crippen LogP contribution in [-0.4, -0.2) is 33.2 Å². The minimum atomic E-state index is -4.63. The van der Waals surface area contributed by atoms with Crippen molar-refractivity contribution in [3.05, 3.63) is 82.4 Å². The number of rotatable bonds is 6. The van der Waals surface area contributed by atoms with Crippen LogP contribution < -0.4 is 0 Å². The van der Waals surface area contributed by atoms with Crippen molar-refractivity contribution in [2.24, 2.45) is 0 Å². The first-order valence-electron chi connectivity index (χ1n) is 7.87. The molecule has 0 aliphatic carbocycles. The van der Waals surface area contributed by atoms with Gasteiger partial charge in [-0.25, -0.2) is 8.42 Å². The summed E-state index contributed by atoms with van der Waals surface area (Å²) in [5.74, 6) is -1.41. The van der Waals surface area contributed by atoms with Gasteiger partial charge in [0.15, 0.2) is 9.84 Å². The van der Waals surface area contributed by atoms with E-state index in [9.17, 15) is 26.4 Å². The summed E-state index contributed by atoms with van der Waals surface area (Å²) in [4.78, 5) is 13.6. The first kappa shape index (κ1) is 20.7. The second-order valence-electron chi connectivity index (χ2n) is 6.11. The number of ketones is 1. The van der Waals surface area contributed by atoms with Crippen LogP contribution in [0.5, 0.6) is 0 Å². The van der Waals surface area contributed by atoms with Crippen LogP contribution in [0.1, 0.15) is 21.5 Å². The van der Waals surface area contributed by atoms with E-state index >= 15 is 0 Å². The van der Waals surface area contributed by atoms with Crippen LogP contribution in [0.15, 0.2) is 65.7 Å². The lowest BCUT2D eigenvalue weighted by Gasteiger charge is -2.13. The zero-order valence-electron chi connectivity index (χ0n) is 14.7. The monoisotopic (exact) mass is 397 g/mol. The molecule has 144 valence electrons. The quantitative estimate of drug-likeness (QED) is 0.548. The van der Waals surface area contributed by atoms with Gasteiger partial charge in [0.25, 0.3) is 0 Å². The van der Waals surface area contributed by atoms with Gasteiger partial charge in [-0.2, -0.15) is 13.2 Å². The van der Waals surface area contributed by atoms with Gasteiger partial charge in [0.2, 0.25) is 5.78 Å². The van der Waals surface area contributed by atoms with Crippen LogP contribution in [0, 0.1) is 0 Å². The Morgan fingerprint density at radius 1 is 1.04 bits per heavy atom. The van der Waals surface area contributed by atoms with E-state index in [4.69, 9.17) is 0 Å². The van der Waals surface area contributed by atoms with Gasteiger partial charge in [-0.05, 0) is 17.7 Å². The maximum atomic E-state index is 12.9. The summed E-state index contributed by atoms with van der Waals surface area (Å²) in [6.07, 6.45) is -3.52. The molecule has 0 N–H and O–H groups in total. The lowest BCUT2D eigenvalue weighted by atomic mass is 10.1. The van der Waals surface area contributed by atoms with Crippen LogP contribution in [-0.2, 0) is 21.8 Å². The topological polar surface area (TPSA) is 54.5 Å². The van der Waals surface area contributed by atoms with E-state index in [1.54, 1.807) is 30.3 Å². The molecule has 0 atom stereocenters. The highest BCUT2D eigenvalue weighted by molar-refractivity contribution is 7.95. The second kappa shape index (κ2) is 7.96. The maximum Gasteiger partial charge on any atom is 0.416 e. The van der Waals surface area contributed by atoms with Crippen molar-refractivity contribution in [1.29, 1.82) is 0 Å². The smallest absolute Gasteiger partial charge is 0.382 e. The van der Waals surface area contributed by atoms with Crippen molar-refractivity contribution in [2.75, 3.05) is 14.1 Å². The molecule has 27 heavy (non-hydrogen) atoms. The molecule has 0 aliphatic rings. The number of hydrogen-bond donors (Lipinski definition) is 0. The zero-order valence-corrected chi connectivity index (χ0v) is 15.5. The Morgan fingerprint density at radius 3 is 2.22 bits per heavy atom. The molecule has 2 aromatic rings. The molecule has 0 saturated carbocycles. The molecule has 0 amide bonds. The molecule has 0 aliphatic heterocycles. The third-order valence-electron chi connectivity index (χ3n) is 3.59. The summed E-state index contributed by atoms with van der Waals surface area (Å²) >= 11 is 0. The molecule has 0 saturated heterocycles. The molecule has 0 fully saturated rings. The number of carbonyl (C=O) groups excluding carboxylic acids is 1. The molecule has 0 unspecified atom stereocenters. The number of allylic oxidation sites excluding steroid dienone is 1. The highest BCUT2D eigenvalue weighted by Gasteiger charge is 2.32. The SMILES string of the molecule is CN(C)/C=C(/C(=O)c1cccc(C(F)(F)F)c1)S(=O)(=O)Cc1ccccc1. The Bertz CT molecular complexity index is 950. The van der Waals surface area contributed by atoms with Crippen molar-refractivity contribution in [3.63, 3.8) is 0 Å². The third kappa shape index (κ3) is 5.43. The molecule has 0 radical (unpaired) electrons. The average molecular weight is 397 g/mol. The van der Waals surface area contributed by atoms with Gasteiger partial charge in [-0.1, -0.05) is 42.5 Å². The highest BCUT2D eigenvalue weighted by atomic mass is 32.2. The van der Waals surface area contributed by atoms with Gasteiger partial charge in [-0.15, -0.1) is 0 Å². The number of sulfone groups is 1. The zero-order chi connectivity index (χ0) is 20.2. The fourth-order valence-corrected chi connectivity index (χ4v) is 3.92. The standard InChI is InChI=1S/C19H18F3NO3S/c1-23(2)12-17(27(25,26)13-14-7-4-3-5-8-14)18(24)15-9-6-10-16(11-15)19(20,21)22/h3-12H,13H2,1-2H3/b17-12-. The molecule has 4 nitrogen and oxygen atoms in total. The number of benzene rings is 2. The molecular weight excluding hydrogens is 379 g/mol. The Morgan fingerprint density at radius 2 is 1.67 bits per heavy atom. The lowest BCUT2D eigenvalue weighted by Crippen LogP contribution is -2.19. The van der Waals surface area contributed by atoms with Crippen LogP contribution in [0.4, 0.5) is 13.2 Å². The molecular formula is C19H18F3NO3S. The molecule has 8 heteroatoms. The normalized spacial score (nSPS) is 12.7. The van der Waals surface area contributed by atoms with E-state index in [1.807, 2.05) is 0 Å². The van der Waals surface area contributed by atoms with Crippen molar-refractivity contribution in [3.8, 4) is 0 Å². The van der Waals surface area contributed by atoms with E-state index < -0.39 is 38.0 Å². The van der Waals surface area contributed by atoms with Crippen LogP contribution >= 0.6 is 0 Å². The molecule has 2 rings (SSSR count). The fourth-order valence-electron chi connectivity index (χ4n) is 2.37. The first-order valence-corrected chi connectivity index (χ1v) is 9.53. The van der Waals surface area contributed by atoms with Gasteiger partial charge < -0.3 is 4.90 Å². The molecule has 0 heterocycles. The molecule has 0 bridgehead atoms. The Kier molecular flexibility index (Phi) is 6.10. The Hall–Kier alpha value is -2.61. The van der Waals surface area contributed by atoms with E-state index in [0.29, 0.717) is 11.6 Å². The van der Waals surface area contributed by atoms with Crippen molar-refractivity contribution >= 4 is 15.6 Å². The van der Waals surface area contributed by atoms with Crippen molar-refractivity contribution in [1.82, 2.24) is 4.90 Å². The van der Waals surface area contributed by atoms with Crippen LogP contribution in [0.2, 0.25) is 0 Å². The predicted octanol–water partition coefficient (Wildman–Crippen LogP) is 3.91. The predicted molar refractivity (Wildman–Crippen MR) is 96.6 cm³/mol. The summed E-state index contributed by atoms with van der Waals surface area (Å²) < 4.78 is 64.3. The average Bonchev–Trinajstić information content (AvgIpc) is 2.59. The van der Waals surface area contributed by atoms with Crippen LogP contribution in [0.25, 0.3) is 0 Å². The Balaban J connectivity index is 2.47. The fraction of sp³-hybridized carbons (Fsp3) is 0.211. The van der Waals surface area contributed by atoms with Gasteiger partial charge in [-0.3, -0.25) is 4.79 Å². The van der Waals surface area contributed by atoms with E-state index in [1.165, 1.54) is 25.1 Å². The van der Waals surface area contributed by atoms with Crippen LogP contribution in [0.3, 0.4) is 0 Å². The van der Waals surface area contributed by atoms with Gasteiger partial charge in [0.1, 0.15) is 4.91 Å². The van der Waals surface area contributed by atoms with E-state index in [2.05, 4.69) is 0 Å². The summed E-state index contributed by atoms with van der Waals surface area (Å²) in [7, 11) is -1.03. The highest BCUT2D eigenvalue weighted by Crippen LogP contribution is 2.30. The minimum Gasteiger partial charge on any atom is -0.382 e. The number of Topliss-reactive ketones (excluding diaryl/α,β-unsaturated/α-hetero) is 1. The second-order valence-corrected chi connectivity index (χ2v) is 8.07. The maximum absolute atomic E-state index is 12.9. The minimum absolute atomic E-state index is 0.338. The summed E-state index contributed by atoms with van der Waals surface area (Å²) in [6, 6.07) is 12.0. The number of nitrogens with zero attached hydrogens (tertiary/aromatic N) is 1. The summed E-state index contributed by atoms with van der Waals surface area (Å²) in [5.41, 5.74) is -0.883. The number of alkyl halides is 3. The largest absolute Gasteiger partial charge is 0.416 e.